The molecule has 1 aromatic rings. The fourth-order valence-corrected chi connectivity index (χ4v) is 3.48. The number of hydrogen-bond acceptors (Lipinski definition) is 7. The number of carbonyl (C=O) groups excluding carboxylic acids is 3. The third kappa shape index (κ3) is 5.17. The number of rotatable bonds is 7. The van der Waals surface area contributed by atoms with E-state index in [-0.39, 0.29) is 11.0 Å². The molecular formula is C18H20ClNO6S. The van der Waals surface area contributed by atoms with Crippen LogP contribution in [0.3, 0.4) is 0 Å². The van der Waals surface area contributed by atoms with E-state index >= 15 is 0 Å². The second-order valence-electron chi connectivity index (χ2n) is 5.77. The van der Waals surface area contributed by atoms with Gasteiger partial charge in [0.15, 0.2) is 11.5 Å². The van der Waals surface area contributed by atoms with E-state index in [4.69, 9.17) is 25.8 Å². The molecule has 1 aliphatic rings. The van der Waals surface area contributed by atoms with Gasteiger partial charge >= 0.3 is 5.97 Å². The number of esters is 1. The third-order valence-electron chi connectivity index (χ3n) is 3.36. The number of halogens is 1. The highest BCUT2D eigenvalue weighted by molar-refractivity contribution is 8.18. The van der Waals surface area contributed by atoms with Crippen molar-refractivity contribution in [2.24, 2.45) is 0 Å². The molecule has 1 aliphatic heterocycles. The van der Waals surface area contributed by atoms with Crippen LogP contribution in [0.4, 0.5) is 4.79 Å². The lowest BCUT2D eigenvalue weighted by Gasteiger charge is -2.13. The third-order valence-corrected chi connectivity index (χ3v) is 4.55. The fourth-order valence-electron chi connectivity index (χ4n) is 2.35. The first-order valence-electron chi connectivity index (χ1n) is 8.22. The second-order valence-corrected chi connectivity index (χ2v) is 7.17. The Kier molecular flexibility index (Phi) is 7.15. The maximum atomic E-state index is 12.5. The Labute approximate surface area is 166 Å². The summed E-state index contributed by atoms with van der Waals surface area (Å²) in [5.41, 5.74) is 0.569. The maximum Gasteiger partial charge on any atom is 0.326 e. The van der Waals surface area contributed by atoms with E-state index in [0.717, 1.165) is 16.7 Å². The molecule has 1 heterocycles. The van der Waals surface area contributed by atoms with E-state index < -0.39 is 23.7 Å². The molecule has 27 heavy (non-hydrogen) atoms. The SMILES string of the molecule is CCOc1cc(/C=C2\SC(=O)N(CC(=O)OC(C)C)C2=O)cc(Cl)c1OC. The van der Waals surface area contributed by atoms with Crippen molar-refractivity contribution in [1.82, 2.24) is 4.90 Å². The number of methoxy groups -OCH3 is 1. The average molecular weight is 414 g/mol. The number of hydrogen-bond donors (Lipinski definition) is 0. The normalized spacial score (nSPS) is 15.6. The zero-order valence-corrected chi connectivity index (χ0v) is 17.0. The molecule has 7 nitrogen and oxygen atoms in total. The van der Waals surface area contributed by atoms with Gasteiger partial charge in [-0.15, -0.1) is 0 Å². The molecule has 1 saturated heterocycles. The number of thioether (sulfide) groups is 1. The number of imide groups is 1. The lowest BCUT2D eigenvalue weighted by molar-refractivity contribution is -0.149. The van der Waals surface area contributed by atoms with Crippen molar-refractivity contribution in [2.75, 3.05) is 20.3 Å². The minimum atomic E-state index is -0.639. The number of amides is 2. The summed E-state index contributed by atoms with van der Waals surface area (Å²) in [6, 6.07) is 3.26. The largest absolute Gasteiger partial charge is 0.491 e. The summed E-state index contributed by atoms with van der Waals surface area (Å²) < 4.78 is 15.7. The van der Waals surface area contributed by atoms with Crippen molar-refractivity contribution in [3.63, 3.8) is 0 Å². The minimum absolute atomic E-state index is 0.182. The summed E-state index contributed by atoms with van der Waals surface area (Å²) in [4.78, 5) is 37.4. The highest BCUT2D eigenvalue weighted by atomic mass is 35.5. The van der Waals surface area contributed by atoms with Crippen LogP contribution in [-0.2, 0) is 14.3 Å². The Morgan fingerprint density at radius 3 is 2.63 bits per heavy atom. The lowest BCUT2D eigenvalue weighted by atomic mass is 10.1. The molecule has 2 rings (SSSR count). The van der Waals surface area contributed by atoms with Gasteiger partial charge in [-0.3, -0.25) is 19.3 Å². The van der Waals surface area contributed by atoms with Crippen LogP contribution in [-0.4, -0.2) is 48.4 Å². The van der Waals surface area contributed by atoms with Crippen LogP contribution in [0.25, 0.3) is 6.08 Å². The van der Waals surface area contributed by atoms with E-state index in [1.165, 1.54) is 13.2 Å². The summed E-state index contributed by atoms with van der Waals surface area (Å²) in [6.07, 6.45) is 1.19. The topological polar surface area (TPSA) is 82.1 Å². The number of carbonyl (C=O) groups is 3. The highest BCUT2D eigenvalue weighted by Gasteiger charge is 2.36. The van der Waals surface area contributed by atoms with Gasteiger partial charge in [-0.05, 0) is 56.3 Å². The van der Waals surface area contributed by atoms with Crippen molar-refractivity contribution in [3.05, 3.63) is 27.6 Å². The Balaban J connectivity index is 2.26. The summed E-state index contributed by atoms with van der Waals surface area (Å²) in [5, 5.41) is -0.217. The first kappa shape index (κ1) is 21.1. The average Bonchev–Trinajstić information content (AvgIpc) is 2.82. The molecule has 146 valence electrons. The van der Waals surface area contributed by atoms with Gasteiger partial charge in [0.05, 0.1) is 29.7 Å². The van der Waals surface area contributed by atoms with E-state index in [2.05, 4.69) is 0 Å². The molecule has 0 saturated carbocycles. The van der Waals surface area contributed by atoms with Crippen LogP contribution in [0.2, 0.25) is 5.02 Å². The van der Waals surface area contributed by atoms with Crippen molar-refractivity contribution in [2.45, 2.75) is 26.9 Å². The molecule has 0 spiro atoms. The number of ether oxygens (including phenoxy) is 3. The van der Waals surface area contributed by atoms with E-state index in [9.17, 15) is 14.4 Å². The first-order chi connectivity index (χ1) is 12.8. The van der Waals surface area contributed by atoms with Gasteiger partial charge in [0.1, 0.15) is 6.54 Å². The van der Waals surface area contributed by atoms with Crippen LogP contribution >= 0.6 is 23.4 Å². The second kappa shape index (κ2) is 9.14. The fraction of sp³-hybridized carbons (Fsp3) is 0.389. The molecule has 2 amide bonds. The molecular weight excluding hydrogens is 394 g/mol. The zero-order chi connectivity index (χ0) is 20.1. The summed E-state index contributed by atoms with van der Waals surface area (Å²) in [6.45, 7) is 5.18. The molecule has 1 aromatic carbocycles. The predicted molar refractivity (Wildman–Crippen MR) is 103 cm³/mol. The Morgan fingerprint density at radius 1 is 1.33 bits per heavy atom. The molecule has 0 bridgehead atoms. The minimum Gasteiger partial charge on any atom is -0.491 e. The summed E-state index contributed by atoms with van der Waals surface area (Å²) in [5.74, 6) is -0.381. The molecule has 1 fully saturated rings. The van der Waals surface area contributed by atoms with Crippen LogP contribution in [0.1, 0.15) is 26.3 Å². The van der Waals surface area contributed by atoms with Gasteiger partial charge in [0.25, 0.3) is 11.1 Å². The first-order valence-corrected chi connectivity index (χ1v) is 9.41. The molecule has 9 heteroatoms. The molecule has 0 unspecified atom stereocenters. The van der Waals surface area contributed by atoms with Crippen molar-refractivity contribution in [3.8, 4) is 11.5 Å². The molecule has 0 aliphatic carbocycles. The van der Waals surface area contributed by atoms with Gasteiger partial charge in [0.2, 0.25) is 0 Å². The van der Waals surface area contributed by atoms with Crippen LogP contribution < -0.4 is 9.47 Å². The van der Waals surface area contributed by atoms with Gasteiger partial charge in [0, 0.05) is 0 Å². The van der Waals surface area contributed by atoms with Crippen molar-refractivity contribution in [1.29, 1.82) is 0 Å². The molecule has 0 N–H and O–H groups in total. The number of nitrogens with zero attached hydrogens (tertiary/aromatic N) is 1. The van der Waals surface area contributed by atoms with E-state index in [1.807, 2.05) is 6.92 Å². The van der Waals surface area contributed by atoms with E-state index in [1.54, 1.807) is 26.0 Å². The molecule has 0 atom stereocenters. The molecule has 0 aromatic heterocycles. The van der Waals surface area contributed by atoms with Crippen LogP contribution in [0, 0.1) is 0 Å². The number of benzene rings is 1. The van der Waals surface area contributed by atoms with Gasteiger partial charge in [-0.25, -0.2) is 0 Å². The van der Waals surface area contributed by atoms with Crippen molar-refractivity contribution < 1.29 is 28.6 Å². The Morgan fingerprint density at radius 2 is 2.04 bits per heavy atom. The van der Waals surface area contributed by atoms with Crippen LogP contribution in [0.15, 0.2) is 17.0 Å². The maximum absolute atomic E-state index is 12.5. The smallest absolute Gasteiger partial charge is 0.326 e. The zero-order valence-electron chi connectivity index (χ0n) is 15.4. The monoisotopic (exact) mass is 413 g/mol. The van der Waals surface area contributed by atoms with Gasteiger partial charge in [-0.1, -0.05) is 11.6 Å². The predicted octanol–water partition coefficient (Wildman–Crippen LogP) is 3.74. The molecule has 0 radical (unpaired) electrons. The lowest BCUT2D eigenvalue weighted by Crippen LogP contribution is -2.35. The van der Waals surface area contributed by atoms with Crippen molar-refractivity contribution >= 4 is 46.6 Å². The van der Waals surface area contributed by atoms with Gasteiger partial charge in [-0.2, -0.15) is 0 Å². The highest BCUT2D eigenvalue weighted by Crippen LogP contribution is 2.38. The van der Waals surface area contributed by atoms with Gasteiger partial charge < -0.3 is 14.2 Å². The Hall–Kier alpha value is -2.19. The summed E-state index contributed by atoms with van der Waals surface area (Å²) in [7, 11) is 1.48. The Bertz CT molecular complexity index is 792. The standard InChI is InChI=1S/C18H20ClNO6S/c1-5-25-13-7-11(6-12(19)16(13)24-4)8-14-17(22)20(18(23)27-14)9-15(21)26-10(2)3/h6-8,10H,5,9H2,1-4H3/b14-8-. The van der Waals surface area contributed by atoms with Crippen LogP contribution in [0.5, 0.6) is 11.5 Å². The quantitative estimate of drug-likeness (QED) is 0.497. The van der Waals surface area contributed by atoms with E-state index in [0.29, 0.717) is 28.7 Å². The summed E-state index contributed by atoms with van der Waals surface area (Å²) >= 11 is 6.95.